The predicted octanol–water partition coefficient (Wildman–Crippen LogP) is 1.31. The summed E-state index contributed by atoms with van der Waals surface area (Å²) in [4.78, 5) is 14.2. The van der Waals surface area contributed by atoms with E-state index in [1.165, 1.54) is 6.42 Å². The minimum atomic E-state index is 0.0927. The SMILES string of the molecule is CCC1CN(CCn2ccccc2=O)C(C)CCN1. The van der Waals surface area contributed by atoms with Crippen molar-refractivity contribution in [2.24, 2.45) is 0 Å². The largest absolute Gasteiger partial charge is 0.314 e. The van der Waals surface area contributed by atoms with Crippen LogP contribution >= 0.6 is 0 Å². The number of pyridine rings is 1. The van der Waals surface area contributed by atoms with Crippen molar-refractivity contribution in [3.8, 4) is 0 Å². The van der Waals surface area contributed by atoms with E-state index in [2.05, 4.69) is 24.1 Å². The molecule has 2 atom stereocenters. The Morgan fingerprint density at radius 1 is 1.37 bits per heavy atom. The van der Waals surface area contributed by atoms with Gasteiger partial charge in [0.2, 0.25) is 0 Å². The lowest BCUT2D eigenvalue weighted by Gasteiger charge is -2.28. The number of hydrogen-bond acceptors (Lipinski definition) is 3. The second-order valence-electron chi connectivity index (χ2n) is 5.42. The van der Waals surface area contributed by atoms with E-state index in [1.807, 2.05) is 12.3 Å². The Hall–Kier alpha value is -1.13. The van der Waals surface area contributed by atoms with Crippen LogP contribution in [0.25, 0.3) is 0 Å². The van der Waals surface area contributed by atoms with E-state index in [0.29, 0.717) is 12.1 Å². The van der Waals surface area contributed by atoms with Crippen LogP contribution in [0.2, 0.25) is 0 Å². The number of nitrogens with zero attached hydrogens (tertiary/aromatic N) is 2. The third kappa shape index (κ3) is 3.91. The van der Waals surface area contributed by atoms with Gasteiger partial charge in [-0.1, -0.05) is 13.0 Å². The average molecular weight is 263 g/mol. The van der Waals surface area contributed by atoms with Crippen molar-refractivity contribution in [2.45, 2.75) is 45.3 Å². The third-order valence-corrected chi connectivity index (χ3v) is 4.09. The maximum atomic E-state index is 11.7. The minimum Gasteiger partial charge on any atom is -0.314 e. The van der Waals surface area contributed by atoms with Gasteiger partial charge in [-0.15, -0.1) is 0 Å². The molecule has 0 aliphatic carbocycles. The van der Waals surface area contributed by atoms with Gasteiger partial charge in [0.15, 0.2) is 0 Å². The molecule has 4 heteroatoms. The van der Waals surface area contributed by atoms with Gasteiger partial charge in [-0.2, -0.15) is 0 Å². The van der Waals surface area contributed by atoms with Gasteiger partial charge < -0.3 is 9.88 Å². The fourth-order valence-electron chi connectivity index (χ4n) is 2.67. The predicted molar refractivity (Wildman–Crippen MR) is 78.4 cm³/mol. The molecule has 0 aromatic carbocycles. The van der Waals surface area contributed by atoms with Crippen molar-refractivity contribution in [2.75, 3.05) is 19.6 Å². The number of rotatable bonds is 4. The van der Waals surface area contributed by atoms with Crippen LogP contribution in [0, 0.1) is 0 Å². The molecule has 1 aromatic heterocycles. The fraction of sp³-hybridized carbons (Fsp3) is 0.667. The second-order valence-corrected chi connectivity index (χ2v) is 5.42. The Bertz CT molecular complexity index is 443. The van der Waals surface area contributed by atoms with Crippen molar-refractivity contribution in [3.63, 3.8) is 0 Å². The van der Waals surface area contributed by atoms with E-state index in [4.69, 9.17) is 0 Å². The van der Waals surface area contributed by atoms with Crippen molar-refractivity contribution in [3.05, 3.63) is 34.7 Å². The van der Waals surface area contributed by atoms with Gasteiger partial charge in [0.25, 0.3) is 5.56 Å². The summed E-state index contributed by atoms with van der Waals surface area (Å²) in [5.41, 5.74) is 0.0927. The molecule has 1 aromatic rings. The fourth-order valence-corrected chi connectivity index (χ4v) is 2.67. The molecule has 106 valence electrons. The van der Waals surface area contributed by atoms with Gasteiger partial charge in [0.1, 0.15) is 0 Å². The quantitative estimate of drug-likeness (QED) is 0.890. The van der Waals surface area contributed by atoms with Crippen LogP contribution < -0.4 is 10.9 Å². The van der Waals surface area contributed by atoms with E-state index in [1.54, 1.807) is 16.7 Å². The lowest BCUT2D eigenvalue weighted by Crippen LogP contribution is -2.41. The van der Waals surface area contributed by atoms with Gasteiger partial charge >= 0.3 is 0 Å². The Balaban J connectivity index is 1.96. The molecule has 1 saturated heterocycles. The molecule has 19 heavy (non-hydrogen) atoms. The highest BCUT2D eigenvalue weighted by Gasteiger charge is 2.21. The van der Waals surface area contributed by atoms with Gasteiger partial charge in [-0.25, -0.2) is 0 Å². The Morgan fingerprint density at radius 2 is 2.21 bits per heavy atom. The molecule has 2 unspecified atom stereocenters. The average Bonchev–Trinajstić information content (AvgIpc) is 2.60. The van der Waals surface area contributed by atoms with Crippen LogP contribution in [0.15, 0.2) is 29.2 Å². The molecule has 2 rings (SSSR count). The summed E-state index contributed by atoms with van der Waals surface area (Å²) in [6, 6.07) is 6.51. The van der Waals surface area contributed by atoms with E-state index in [9.17, 15) is 4.79 Å². The third-order valence-electron chi connectivity index (χ3n) is 4.09. The monoisotopic (exact) mass is 263 g/mol. The van der Waals surface area contributed by atoms with Gasteiger partial charge in [0, 0.05) is 44.0 Å². The minimum absolute atomic E-state index is 0.0927. The van der Waals surface area contributed by atoms with Crippen molar-refractivity contribution < 1.29 is 0 Å². The molecule has 0 spiro atoms. The maximum absolute atomic E-state index is 11.7. The van der Waals surface area contributed by atoms with Crippen LogP contribution in [0.3, 0.4) is 0 Å². The second kappa shape index (κ2) is 6.87. The van der Waals surface area contributed by atoms with Gasteiger partial charge in [0.05, 0.1) is 0 Å². The Labute approximate surface area is 115 Å². The van der Waals surface area contributed by atoms with E-state index in [0.717, 1.165) is 32.6 Å². The highest BCUT2D eigenvalue weighted by atomic mass is 16.1. The van der Waals surface area contributed by atoms with Crippen molar-refractivity contribution in [1.29, 1.82) is 0 Å². The molecule has 1 aliphatic heterocycles. The van der Waals surface area contributed by atoms with Crippen molar-refractivity contribution in [1.82, 2.24) is 14.8 Å². The zero-order valence-corrected chi connectivity index (χ0v) is 12.0. The first kappa shape index (κ1) is 14.3. The zero-order chi connectivity index (χ0) is 13.7. The van der Waals surface area contributed by atoms with E-state index in [-0.39, 0.29) is 5.56 Å². The topological polar surface area (TPSA) is 37.3 Å². The number of nitrogens with one attached hydrogen (secondary N) is 1. The van der Waals surface area contributed by atoms with Crippen LogP contribution in [-0.2, 0) is 6.54 Å². The Morgan fingerprint density at radius 3 is 2.95 bits per heavy atom. The lowest BCUT2D eigenvalue weighted by molar-refractivity contribution is 0.195. The first-order valence-electron chi connectivity index (χ1n) is 7.33. The molecular weight excluding hydrogens is 238 g/mol. The summed E-state index contributed by atoms with van der Waals surface area (Å²) < 4.78 is 1.80. The smallest absolute Gasteiger partial charge is 0.250 e. The van der Waals surface area contributed by atoms with Gasteiger partial charge in [-0.05, 0) is 32.4 Å². The molecule has 0 radical (unpaired) electrons. The van der Waals surface area contributed by atoms with Crippen LogP contribution in [-0.4, -0.2) is 41.2 Å². The summed E-state index contributed by atoms with van der Waals surface area (Å²) in [7, 11) is 0. The molecule has 1 fully saturated rings. The molecular formula is C15H25N3O. The first-order valence-corrected chi connectivity index (χ1v) is 7.33. The Kier molecular flexibility index (Phi) is 5.16. The highest BCUT2D eigenvalue weighted by Crippen LogP contribution is 2.10. The first-order chi connectivity index (χ1) is 9.20. The summed E-state index contributed by atoms with van der Waals surface area (Å²) in [5, 5.41) is 3.59. The molecule has 1 N–H and O–H groups in total. The molecule has 2 heterocycles. The summed E-state index contributed by atoms with van der Waals surface area (Å²) in [6.45, 7) is 8.42. The summed E-state index contributed by atoms with van der Waals surface area (Å²) in [5.74, 6) is 0. The molecule has 0 amide bonds. The molecule has 4 nitrogen and oxygen atoms in total. The van der Waals surface area contributed by atoms with Gasteiger partial charge in [-0.3, -0.25) is 9.69 Å². The molecule has 0 saturated carbocycles. The number of hydrogen-bond donors (Lipinski definition) is 1. The lowest BCUT2D eigenvalue weighted by atomic mass is 10.2. The molecule has 1 aliphatic rings. The standard InChI is InChI=1S/C15H25N3O/c1-3-14-12-18(13(2)7-8-16-14)11-10-17-9-5-4-6-15(17)19/h4-6,9,13-14,16H,3,7-8,10-12H2,1-2H3. The molecule has 0 bridgehead atoms. The highest BCUT2D eigenvalue weighted by molar-refractivity contribution is 4.93. The normalized spacial score (nSPS) is 25.2. The summed E-state index contributed by atoms with van der Waals surface area (Å²) >= 11 is 0. The summed E-state index contributed by atoms with van der Waals surface area (Å²) in [6.07, 6.45) is 4.22. The van der Waals surface area contributed by atoms with Crippen LogP contribution in [0.1, 0.15) is 26.7 Å². The van der Waals surface area contributed by atoms with E-state index >= 15 is 0 Å². The van der Waals surface area contributed by atoms with E-state index < -0.39 is 0 Å². The van der Waals surface area contributed by atoms with Crippen molar-refractivity contribution >= 4 is 0 Å². The van der Waals surface area contributed by atoms with Crippen LogP contribution in [0.5, 0.6) is 0 Å². The maximum Gasteiger partial charge on any atom is 0.250 e. The van der Waals surface area contributed by atoms with Crippen LogP contribution in [0.4, 0.5) is 0 Å². The zero-order valence-electron chi connectivity index (χ0n) is 12.0. The number of aromatic nitrogens is 1.